The van der Waals surface area contributed by atoms with Crippen LogP contribution in [0.15, 0.2) is 49.1 Å². The van der Waals surface area contributed by atoms with Gasteiger partial charge in [0.1, 0.15) is 0 Å². The molecule has 0 atom stereocenters. The molecule has 10 N–H and O–H groups in total. The summed E-state index contributed by atoms with van der Waals surface area (Å²) >= 11 is 0. The second-order valence-electron chi connectivity index (χ2n) is 6.14. The molecular formula is C18H18N14O2. The Balaban J connectivity index is 0.000000191. The lowest BCUT2D eigenvalue weighted by Crippen LogP contribution is -2.16. The summed E-state index contributed by atoms with van der Waals surface area (Å²) in [6, 6.07) is 6.50. The van der Waals surface area contributed by atoms with Crippen LogP contribution in [-0.2, 0) is 0 Å². The van der Waals surface area contributed by atoms with Crippen LogP contribution >= 0.6 is 0 Å². The zero-order chi connectivity index (χ0) is 24.5. The van der Waals surface area contributed by atoms with E-state index >= 15 is 0 Å². The molecule has 0 aliphatic rings. The molecule has 4 heterocycles. The minimum absolute atomic E-state index is 0.00357. The highest BCUT2D eigenvalue weighted by Gasteiger charge is 2.10. The Morgan fingerprint density at radius 2 is 0.941 bits per heavy atom. The minimum atomic E-state index is -0.400. The van der Waals surface area contributed by atoms with Crippen molar-refractivity contribution in [1.29, 1.82) is 0 Å². The zero-order valence-electron chi connectivity index (χ0n) is 17.3. The van der Waals surface area contributed by atoms with E-state index in [-0.39, 0.29) is 35.7 Å². The van der Waals surface area contributed by atoms with E-state index in [1.165, 1.54) is 12.4 Å². The highest BCUT2D eigenvalue weighted by atomic mass is 16.2. The number of carbonyl (C=O) groups is 2. The molecule has 0 spiro atoms. The summed E-state index contributed by atoms with van der Waals surface area (Å²) in [5.41, 5.74) is 22.2. The van der Waals surface area contributed by atoms with Gasteiger partial charge in [-0.3, -0.25) is 30.2 Å². The number of amides is 2. The summed E-state index contributed by atoms with van der Waals surface area (Å²) in [5.74, 6) is -1.02. The first kappa shape index (κ1) is 23.1. The van der Waals surface area contributed by atoms with Crippen molar-refractivity contribution in [3.8, 4) is 0 Å². The van der Waals surface area contributed by atoms with Crippen LogP contribution in [0.25, 0.3) is 0 Å². The van der Waals surface area contributed by atoms with E-state index in [0.29, 0.717) is 11.1 Å². The quantitative estimate of drug-likeness (QED) is 0.220. The Kier molecular flexibility index (Phi) is 7.25. The number of hydrogen-bond acceptors (Lipinski definition) is 14. The first-order valence-electron chi connectivity index (χ1n) is 9.27. The standard InChI is InChI=1S/2C9H9N7O/c2*10-7-14-8(11)16-9(15-7)13-6(17)5-2-1-3-12-4-5/h2*1-4H,(H5,10,11,13,14,15,16,17). The van der Waals surface area contributed by atoms with Gasteiger partial charge in [-0.05, 0) is 24.3 Å². The minimum Gasteiger partial charge on any atom is -0.368 e. The number of rotatable bonds is 4. The fourth-order valence-electron chi connectivity index (χ4n) is 2.27. The van der Waals surface area contributed by atoms with E-state index in [2.05, 4.69) is 50.5 Å². The maximum absolute atomic E-state index is 11.7. The normalized spacial score (nSPS) is 9.88. The molecule has 16 nitrogen and oxygen atoms in total. The maximum atomic E-state index is 11.7. The van der Waals surface area contributed by atoms with Gasteiger partial charge in [-0.25, -0.2) is 0 Å². The van der Waals surface area contributed by atoms with Gasteiger partial charge in [-0.2, -0.15) is 29.9 Å². The predicted molar refractivity (Wildman–Crippen MR) is 122 cm³/mol. The topological polar surface area (TPSA) is 265 Å². The first-order chi connectivity index (χ1) is 16.3. The molecule has 2 amide bonds. The fraction of sp³-hybridized carbons (Fsp3) is 0. The third-order valence-electron chi connectivity index (χ3n) is 3.64. The van der Waals surface area contributed by atoms with E-state index in [9.17, 15) is 9.59 Å². The molecule has 0 saturated carbocycles. The van der Waals surface area contributed by atoms with Crippen molar-refractivity contribution in [3.63, 3.8) is 0 Å². The number of nitrogens with one attached hydrogen (secondary N) is 2. The molecular weight excluding hydrogens is 444 g/mol. The number of nitrogen functional groups attached to an aromatic ring is 4. The van der Waals surface area contributed by atoms with Gasteiger partial charge < -0.3 is 22.9 Å². The Labute approximate surface area is 191 Å². The van der Waals surface area contributed by atoms with Crippen molar-refractivity contribution in [2.24, 2.45) is 0 Å². The van der Waals surface area contributed by atoms with Gasteiger partial charge in [0, 0.05) is 24.8 Å². The van der Waals surface area contributed by atoms with Gasteiger partial charge in [0.15, 0.2) is 0 Å². The van der Waals surface area contributed by atoms with E-state index in [4.69, 9.17) is 22.9 Å². The van der Waals surface area contributed by atoms with Gasteiger partial charge >= 0.3 is 0 Å². The number of carbonyl (C=O) groups excluding carboxylic acids is 2. The average molecular weight is 462 g/mol. The molecule has 16 heteroatoms. The lowest BCUT2D eigenvalue weighted by atomic mass is 10.3. The van der Waals surface area contributed by atoms with Gasteiger partial charge in [0.2, 0.25) is 35.7 Å². The van der Waals surface area contributed by atoms with Crippen molar-refractivity contribution in [1.82, 2.24) is 39.9 Å². The highest BCUT2D eigenvalue weighted by molar-refractivity contribution is 6.03. The van der Waals surface area contributed by atoms with Crippen LogP contribution in [0.3, 0.4) is 0 Å². The Bertz CT molecular complexity index is 1150. The summed E-state index contributed by atoms with van der Waals surface area (Å²) in [6.07, 6.45) is 5.97. The van der Waals surface area contributed by atoms with E-state index in [1.807, 2.05) is 0 Å². The summed E-state index contributed by atoms with van der Waals surface area (Å²) in [6.45, 7) is 0. The number of hydrogen-bond donors (Lipinski definition) is 6. The Morgan fingerprint density at radius 3 is 1.24 bits per heavy atom. The summed E-state index contributed by atoms with van der Waals surface area (Å²) in [4.78, 5) is 53.1. The SMILES string of the molecule is Nc1nc(N)nc(NC(=O)c2cccnc2)n1.Nc1nc(N)nc(NC(=O)c2cccnc2)n1. The zero-order valence-corrected chi connectivity index (χ0v) is 17.3. The summed E-state index contributed by atoms with van der Waals surface area (Å²) < 4.78 is 0. The average Bonchev–Trinajstić information content (AvgIpc) is 2.79. The molecule has 0 aliphatic heterocycles. The van der Waals surface area contributed by atoms with Crippen molar-refractivity contribution < 1.29 is 9.59 Å². The van der Waals surface area contributed by atoms with Crippen LogP contribution in [0.2, 0.25) is 0 Å². The number of pyridine rings is 2. The van der Waals surface area contributed by atoms with E-state index < -0.39 is 11.8 Å². The van der Waals surface area contributed by atoms with Crippen LogP contribution in [0.1, 0.15) is 20.7 Å². The van der Waals surface area contributed by atoms with E-state index in [0.717, 1.165) is 0 Å². The van der Waals surface area contributed by atoms with Crippen LogP contribution in [0.5, 0.6) is 0 Å². The van der Waals surface area contributed by atoms with Crippen molar-refractivity contribution in [2.45, 2.75) is 0 Å². The second-order valence-corrected chi connectivity index (χ2v) is 6.14. The van der Waals surface area contributed by atoms with Gasteiger partial charge in [0.05, 0.1) is 11.1 Å². The lowest BCUT2D eigenvalue weighted by molar-refractivity contribution is 0.101. The molecule has 4 rings (SSSR count). The third-order valence-corrected chi connectivity index (χ3v) is 3.64. The molecule has 0 unspecified atom stereocenters. The monoisotopic (exact) mass is 462 g/mol. The number of anilines is 6. The molecule has 34 heavy (non-hydrogen) atoms. The third kappa shape index (κ3) is 6.74. The summed E-state index contributed by atoms with van der Waals surface area (Å²) in [7, 11) is 0. The molecule has 0 radical (unpaired) electrons. The molecule has 0 aliphatic carbocycles. The molecule has 0 saturated heterocycles. The maximum Gasteiger partial charge on any atom is 0.259 e. The van der Waals surface area contributed by atoms with Crippen LogP contribution in [0, 0.1) is 0 Å². The smallest absolute Gasteiger partial charge is 0.259 e. The highest BCUT2D eigenvalue weighted by Crippen LogP contribution is 2.07. The van der Waals surface area contributed by atoms with Crippen molar-refractivity contribution in [2.75, 3.05) is 33.6 Å². The van der Waals surface area contributed by atoms with E-state index in [1.54, 1.807) is 36.7 Å². The molecule has 0 bridgehead atoms. The van der Waals surface area contributed by atoms with Gasteiger partial charge in [0.25, 0.3) is 11.8 Å². The summed E-state index contributed by atoms with van der Waals surface area (Å²) in [5, 5.41) is 4.88. The lowest BCUT2D eigenvalue weighted by Gasteiger charge is -2.03. The number of aromatic nitrogens is 8. The van der Waals surface area contributed by atoms with Crippen molar-refractivity contribution >= 4 is 47.5 Å². The van der Waals surface area contributed by atoms with Gasteiger partial charge in [-0.1, -0.05) is 0 Å². The molecule has 4 aromatic heterocycles. The predicted octanol–water partition coefficient (Wildman–Crippen LogP) is -0.633. The molecule has 172 valence electrons. The number of nitrogens with two attached hydrogens (primary N) is 4. The molecule has 0 fully saturated rings. The van der Waals surface area contributed by atoms with Crippen LogP contribution in [0.4, 0.5) is 35.7 Å². The largest absolute Gasteiger partial charge is 0.368 e. The van der Waals surface area contributed by atoms with Crippen molar-refractivity contribution in [3.05, 3.63) is 60.2 Å². The Hall–Kier alpha value is -5.54. The van der Waals surface area contributed by atoms with Gasteiger partial charge in [-0.15, -0.1) is 0 Å². The first-order valence-corrected chi connectivity index (χ1v) is 9.27. The molecule has 4 aromatic rings. The van der Waals surface area contributed by atoms with Crippen LogP contribution < -0.4 is 33.6 Å². The number of nitrogens with zero attached hydrogens (tertiary/aromatic N) is 8. The Morgan fingerprint density at radius 1 is 0.588 bits per heavy atom. The second kappa shape index (κ2) is 10.7. The fourth-order valence-corrected chi connectivity index (χ4v) is 2.27. The van der Waals surface area contributed by atoms with Crippen LogP contribution in [-0.4, -0.2) is 51.7 Å². The molecule has 0 aromatic carbocycles.